The number of phenolic OH excluding ortho intramolecular Hbond substituents is 1. The Morgan fingerprint density at radius 3 is 2.48 bits per heavy atom. The maximum atomic E-state index is 14.6. The third-order valence-electron chi connectivity index (χ3n) is 16.8. The number of epoxide rings is 1. The number of phenols is 1. The predicted octanol–water partition coefficient (Wildman–Crippen LogP) is 4.20. The van der Waals surface area contributed by atoms with Gasteiger partial charge in [-0.3, -0.25) is 9.59 Å². The first-order valence-electron chi connectivity index (χ1n) is 19.9. The molecule has 0 bridgehead atoms. The van der Waals surface area contributed by atoms with Gasteiger partial charge in [-0.15, -0.1) is 0 Å². The van der Waals surface area contributed by atoms with Crippen molar-refractivity contribution in [3.63, 3.8) is 0 Å². The number of carbonyl (C=O) groups is 2. The number of aromatic hydroxyl groups is 1. The quantitative estimate of drug-likeness (QED) is 0.205. The molecule has 8 rings (SSSR count). The average Bonchev–Trinajstić information content (AvgIpc) is 3.57. The molecule has 6 N–H and O–H groups in total. The first kappa shape index (κ1) is 36.6. The number of amides is 1. The van der Waals surface area contributed by atoms with Crippen LogP contribution in [0.4, 0.5) is 5.69 Å². The van der Waals surface area contributed by atoms with Gasteiger partial charge in [0.25, 0.3) is 0 Å². The van der Waals surface area contributed by atoms with Crippen molar-refractivity contribution in [2.45, 2.75) is 141 Å². The van der Waals surface area contributed by atoms with Gasteiger partial charge in [0.2, 0.25) is 5.91 Å². The number of aryl methyl sites for hydroxylation is 1. The maximum Gasteiger partial charge on any atom is 0.227 e. The van der Waals surface area contributed by atoms with E-state index >= 15 is 0 Å². The summed E-state index contributed by atoms with van der Waals surface area (Å²) < 4.78 is 6.29. The lowest BCUT2D eigenvalue weighted by molar-refractivity contribution is -0.225. The van der Waals surface area contributed by atoms with E-state index < -0.39 is 63.7 Å². The number of hydrogen-bond acceptors (Lipinski definition) is 9. The summed E-state index contributed by atoms with van der Waals surface area (Å²) in [4.78, 5) is 28.9. The Bertz CT molecular complexity index is 1690. The van der Waals surface area contributed by atoms with Crippen LogP contribution in [0.5, 0.6) is 5.75 Å². The van der Waals surface area contributed by atoms with Crippen molar-refractivity contribution in [2.24, 2.45) is 45.3 Å². The fourth-order valence-electron chi connectivity index (χ4n) is 13.7. The molecule has 13 atom stereocenters. The summed E-state index contributed by atoms with van der Waals surface area (Å²) in [7, 11) is 0. The van der Waals surface area contributed by atoms with Gasteiger partial charge in [0.05, 0.1) is 41.5 Å². The predicted molar refractivity (Wildman–Crippen MR) is 193 cm³/mol. The largest absolute Gasteiger partial charge is 0.508 e. The zero-order valence-electron chi connectivity index (χ0n) is 31.5. The van der Waals surface area contributed by atoms with Crippen molar-refractivity contribution < 1.29 is 45.0 Å². The van der Waals surface area contributed by atoms with Gasteiger partial charge in [0.15, 0.2) is 5.78 Å². The smallest absolute Gasteiger partial charge is 0.227 e. The zero-order valence-corrected chi connectivity index (χ0v) is 31.5. The number of fused-ring (bicyclic) bond motifs is 2. The number of benzene rings is 1. The van der Waals surface area contributed by atoms with Crippen molar-refractivity contribution in [3.8, 4) is 5.75 Å². The van der Waals surface area contributed by atoms with Gasteiger partial charge in [-0.2, -0.15) is 0 Å². The first-order chi connectivity index (χ1) is 24.4. The van der Waals surface area contributed by atoms with Crippen molar-refractivity contribution in [1.82, 2.24) is 0 Å². The standard InChI is InChI=1S/C42H59NO9/c1-23(2)24(3)35-36(52-35)37(4,50)30-10-13-42(51)31-20-32(47)41(22-44)21-29(46)34(49)28-9-12-39(31,38(28,41)5)14-15-40(30,42)11-8-25-17-26(19-27(45)18-25)43-16-6-7-33(43)48/h17-20,23-24,28-30,34-36,44-46,49-51H,6-16,21-22H2,1-5H3/t24-,28-,29-,30+,34+,35-,36-,37-,38-,39+,40-,41+,42+/m1/s1. The van der Waals surface area contributed by atoms with E-state index in [9.17, 15) is 40.2 Å². The van der Waals surface area contributed by atoms with Crippen LogP contribution in [0.15, 0.2) is 29.8 Å². The van der Waals surface area contributed by atoms with E-state index in [1.165, 1.54) is 0 Å². The van der Waals surface area contributed by atoms with Gasteiger partial charge in [0, 0.05) is 35.5 Å². The normalized spacial score (nSPS) is 45.4. The number of ether oxygens (including phenoxy) is 1. The van der Waals surface area contributed by atoms with Crippen LogP contribution in [0.25, 0.3) is 0 Å². The molecule has 7 aliphatic rings. The van der Waals surface area contributed by atoms with Crippen molar-refractivity contribution >= 4 is 17.4 Å². The molecule has 6 fully saturated rings. The molecule has 10 heteroatoms. The fourth-order valence-corrected chi connectivity index (χ4v) is 13.7. The molecule has 1 spiro atoms. The molecule has 2 saturated heterocycles. The number of ketones is 1. The van der Waals surface area contributed by atoms with Crippen LogP contribution in [-0.4, -0.2) is 91.1 Å². The summed E-state index contributed by atoms with van der Waals surface area (Å²) in [6.45, 7) is 10.5. The number of rotatable bonds is 9. The summed E-state index contributed by atoms with van der Waals surface area (Å²) in [6.07, 6.45) is 4.29. The Kier molecular flexibility index (Phi) is 8.33. The summed E-state index contributed by atoms with van der Waals surface area (Å²) >= 11 is 0. The fraction of sp³-hybridized carbons (Fsp3) is 0.762. The lowest BCUT2D eigenvalue weighted by atomic mass is 9.35. The minimum atomic E-state index is -1.48. The molecule has 0 aromatic heterocycles. The first-order valence-corrected chi connectivity index (χ1v) is 19.9. The van der Waals surface area contributed by atoms with Gasteiger partial charge in [-0.05, 0) is 130 Å². The molecule has 5 aliphatic carbocycles. The van der Waals surface area contributed by atoms with Crippen LogP contribution in [0.1, 0.15) is 104 Å². The molecular formula is C42H59NO9. The number of carbonyl (C=O) groups excluding carboxylic acids is 2. The molecule has 1 aromatic rings. The zero-order chi connectivity index (χ0) is 37.4. The van der Waals surface area contributed by atoms with Gasteiger partial charge >= 0.3 is 0 Å². The van der Waals surface area contributed by atoms with E-state index in [-0.39, 0.29) is 41.8 Å². The van der Waals surface area contributed by atoms with Crippen LogP contribution >= 0.6 is 0 Å². The van der Waals surface area contributed by atoms with Gasteiger partial charge in [-0.25, -0.2) is 0 Å². The van der Waals surface area contributed by atoms with Gasteiger partial charge in [-0.1, -0.05) is 27.7 Å². The highest BCUT2D eigenvalue weighted by Crippen LogP contribution is 2.81. The Balaban J connectivity index is 1.23. The summed E-state index contributed by atoms with van der Waals surface area (Å²) in [5, 5.41) is 70.6. The molecule has 286 valence electrons. The highest BCUT2D eigenvalue weighted by molar-refractivity contribution is 5.99. The van der Waals surface area contributed by atoms with E-state index in [1.54, 1.807) is 23.1 Å². The van der Waals surface area contributed by atoms with E-state index in [4.69, 9.17) is 4.74 Å². The van der Waals surface area contributed by atoms with Crippen LogP contribution in [0.2, 0.25) is 0 Å². The van der Waals surface area contributed by atoms with Crippen LogP contribution in [-0.2, 0) is 20.7 Å². The number of allylic oxidation sites excluding steroid dienone is 1. The van der Waals surface area contributed by atoms with Gasteiger partial charge in [0.1, 0.15) is 11.9 Å². The lowest BCUT2D eigenvalue weighted by Gasteiger charge is -2.69. The number of aliphatic hydroxyl groups is 5. The summed E-state index contributed by atoms with van der Waals surface area (Å²) in [6, 6.07) is 5.28. The second-order valence-corrected chi connectivity index (χ2v) is 18.8. The minimum absolute atomic E-state index is 0.0279. The molecular weight excluding hydrogens is 662 g/mol. The van der Waals surface area contributed by atoms with Crippen LogP contribution in [0.3, 0.4) is 0 Å². The van der Waals surface area contributed by atoms with Crippen molar-refractivity contribution in [3.05, 3.63) is 35.4 Å². The Morgan fingerprint density at radius 1 is 1.06 bits per heavy atom. The average molecular weight is 722 g/mol. The van der Waals surface area contributed by atoms with Crippen LogP contribution in [0, 0.1) is 45.3 Å². The van der Waals surface area contributed by atoms with E-state index in [0.717, 1.165) is 12.0 Å². The molecule has 4 saturated carbocycles. The minimum Gasteiger partial charge on any atom is -0.508 e. The third-order valence-corrected chi connectivity index (χ3v) is 16.8. The number of hydrogen-bond donors (Lipinski definition) is 6. The number of aliphatic hydroxyl groups excluding tert-OH is 3. The van der Waals surface area contributed by atoms with E-state index in [2.05, 4.69) is 20.8 Å². The monoisotopic (exact) mass is 721 g/mol. The van der Waals surface area contributed by atoms with Crippen LogP contribution < -0.4 is 4.90 Å². The Hall–Kier alpha value is -2.34. The Labute approximate surface area is 307 Å². The molecule has 1 aromatic carbocycles. The van der Waals surface area contributed by atoms with E-state index in [0.29, 0.717) is 81.5 Å². The van der Waals surface area contributed by atoms with Crippen molar-refractivity contribution in [2.75, 3.05) is 18.1 Å². The van der Waals surface area contributed by atoms with Crippen molar-refractivity contribution in [1.29, 1.82) is 0 Å². The second kappa shape index (κ2) is 11.8. The topological polar surface area (TPSA) is 171 Å². The highest BCUT2D eigenvalue weighted by Gasteiger charge is 2.81. The third kappa shape index (κ3) is 4.51. The van der Waals surface area contributed by atoms with Gasteiger partial charge < -0.3 is 40.3 Å². The van der Waals surface area contributed by atoms with E-state index in [1.807, 2.05) is 19.9 Å². The lowest BCUT2D eigenvalue weighted by Crippen LogP contribution is -2.71. The Morgan fingerprint density at radius 2 is 1.81 bits per heavy atom. The molecule has 2 heterocycles. The highest BCUT2D eigenvalue weighted by atomic mass is 16.6. The number of nitrogens with zero attached hydrogens (tertiary/aromatic N) is 1. The summed E-state index contributed by atoms with van der Waals surface area (Å²) in [5.74, 6) is -0.413. The molecule has 10 nitrogen and oxygen atoms in total. The summed E-state index contributed by atoms with van der Waals surface area (Å²) in [5.41, 5.74) is -4.32. The second-order valence-electron chi connectivity index (χ2n) is 18.8. The molecule has 1 amide bonds. The molecule has 52 heavy (non-hydrogen) atoms. The molecule has 2 aliphatic heterocycles. The molecule has 0 unspecified atom stereocenters. The number of anilines is 1. The SMILES string of the molecule is CC(C)[C@@H](C)[C@H]1O[C@H]1[C@](C)(O)[C@@H]1CC[C@]2(O)C3=CC(=O)[C@@]4(CO)C[C@@H](O)[C@@H](O)[C@H]5CC[C@@]3(CC[C@]12CCc1cc(O)cc(N2CCCC2=O)c1)[C@@]54C. The maximum absolute atomic E-state index is 14.6. The molecule has 0 radical (unpaired) electrons.